The molecule has 26 heavy (non-hydrogen) atoms. The largest absolute Gasteiger partial charge is 0.445 e. The van der Waals surface area contributed by atoms with Crippen LogP contribution in [-0.2, 0) is 22.6 Å². The van der Waals surface area contributed by atoms with Gasteiger partial charge >= 0.3 is 6.09 Å². The molecule has 5 nitrogen and oxygen atoms in total. The van der Waals surface area contributed by atoms with Gasteiger partial charge in [0, 0.05) is 6.54 Å². The average molecular weight is 363 g/mol. The summed E-state index contributed by atoms with van der Waals surface area (Å²) in [4.78, 5) is 23.6. The second-order valence-corrected chi connectivity index (χ2v) is 8.78. The summed E-state index contributed by atoms with van der Waals surface area (Å²) in [5, 5.41) is 5.31. The number of carbonyl (C=O) groups excluding carboxylic acids is 2. The molecule has 0 aliphatic rings. The molecule has 0 bridgehead atoms. The van der Waals surface area contributed by atoms with Crippen molar-refractivity contribution in [2.24, 2.45) is 10.8 Å². The van der Waals surface area contributed by atoms with Crippen molar-refractivity contribution >= 4 is 12.0 Å². The fourth-order valence-electron chi connectivity index (χ4n) is 2.32. The van der Waals surface area contributed by atoms with E-state index in [1.165, 1.54) is 5.56 Å². The van der Waals surface area contributed by atoms with Crippen molar-refractivity contribution in [3.8, 4) is 0 Å². The van der Waals surface area contributed by atoms with Crippen LogP contribution in [0.1, 0.15) is 59.1 Å². The molecule has 146 valence electrons. The van der Waals surface area contributed by atoms with Gasteiger partial charge < -0.3 is 15.4 Å². The van der Waals surface area contributed by atoms with Gasteiger partial charge in [-0.1, -0.05) is 65.8 Å². The lowest BCUT2D eigenvalue weighted by atomic mass is 9.88. The highest BCUT2D eigenvalue weighted by Crippen LogP contribution is 2.21. The zero-order valence-corrected chi connectivity index (χ0v) is 17.1. The van der Waals surface area contributed by atoms with Crippen LogP contribution < -0.4 is 10.6 Å². The molecule has 0 heterocycles. The summed E-state index contributed by atoms with van der Waals surface area (Å²) < 4.78 is 5.20. The minimum atomic E-state index is -0.587. The molecule has 1 aromatic carbocycles. The molecule has 0 spiro atoms. The average Bonchev–Trinajstić information content (AvgIpc) is 2.55. The quantitative estimate of drug-likeness (QED) is 0.733. The lowest BCUT2D eigenvalue weighted by Gasteiger charge is -2.22. The third kappa shape index (κ3) is 9.44. The standard InChI is InChI=1S/C21H34N2O3/c1-7-21(5,6)15-23-18(24)13-22-19(25)26-14-17-10-8-9-16(11-17)12-20(2,3)4/h8-11H,7,12-15H2,1-6H3,(H,22,25)(H,23,24). The number of hydrogen-bond donors (Lipinski definition) is 2. The van der Waals surface area contributed by atoms with Crippen molar-refractivity contribution in [1.29, 1.82) is 0 Å². The van der Waals surface area contributed by atoms with Crippen LogP contribution in [0.2, 0.25) is 0 Å². The van der Waals surface area contributed by atoms with Crippen LogP contribution in [0.4, 0.5) is 4.79 Å². The predicted octanol–water partition coefficient (Wildman–Crippen LogP) is 4.05. The Kier molecular flexibility index (Phi) is 8.12. The normalized spacial score (nSPS) is 11.8. The Morgan fingerprint density at radius 2 is 1.69 bits per heavy atom. The van der Waals surface area contributed by atoms with E-state index in [-0.39, 0.29) is 29.9 Å². The van der Waals surface area contributed by atoms with E-state index in [0.29, 0.717) is 6.54 Å². The van der Waals surface area contributed by atoms with E-state index in [2.05, 4.69) is 64.3 Å². The molecule has 5 heteroatoms. The molecule has 0 fully saturated rings. The maximum absolute atomic E-state index is 11.8. The smallest absolute Gasteiger partial charge is 0.407 e. The topological polar surface area (TPSA) is 67.4 Å². The molecule has 1 aromatic rings. The third-order valence-electron chi connectivity index (χ3n) is 4.21. The first kappa shape index (κ1) is 22.0. The lowest BCUT2D eigenvalue weighted by molar-refractivity contribution is -0.120. The Bertz CT molecular complexity index is 604. The van der Waals surface area contributed by atoms with E-state index >= 15 is 0 Å². The second kappa shape index (κ2) is 9.60. The van der Waals surface area contributed by atoms with Crippen molar-refractivity contribution < 1.29 is 14.3 Å². The monoisotopic (exact) mass is 362 g/mol. The molecular formula is C21H34N2O3. The Labute approximate surface area is 157 Å². The summed E-state index contributed by atoms with van der Waals surface area (Å²) in [5.74, 6) is -0.212. The van der Waals surface area contributed by atoms with Crippen molar-refractivity contribution in [3.63, 3.8) is 0 Å². The van der Waals surface area contributed by atoms with Gasteiger partial charge in [-0.25, -0.2) is 4.79 Å². The van der Waals surface area contributed by atoms with E-state index in [4.69, 9.17) is 4.74 Å². The molecule has 0 atom stereocenters. The molecule has 0 aliphatic heterocycles. The summed E-state index contributed by atoms with van der Waals surface area (Å²) in [6, 6.07) is 8.04. The first-order valence-corrected chi connectivity index (χ1v) is 9.26. The Hall–Kier alpha value is -2.04. The number of ether oxygens (including phenoxy) is 1. The zero-order valence-electron chi connectivity index (χ0n) is 17.1. The summed E-state index contributed by atoms with van der Waals surface area (Å²) in [6.07, 6.45) is 1.34. The van der Waals surface area contributed by atoms with E-state index in [9.17, 15) is 9.59 Å². The fraction of sp³-hybridized carbons (Fsp3) is 0.619. The van der Waals surface area contributed by atoms with Gasteiger partial charge in [0.2, 0.25) is 5.91 Å². The van der Waals surface area contributed by atoms with E-state index in [0.717, 1.165) is 18.4 Å². The van der Waals surface area contributed by atoms with Gasteiger partial charge in [0.05, 0.1) is 6.54 Å². The molecule has 0 saturated carbocycles. The van der Waals surface area contributed by atoms with Gasteiger partial charge in [-0.15, -0.1) is 0 Å². The van der Waals surface area contributed by atoms with Crippen LogP contribution in [-0.4, -0.2) is 25.1 Å². The number of benzene rings is 1. The summed E-state index contributed by atoms with van der Waals surface area (Å²) in [5.41, 5.74) is 2.41. The summed E-state index contributed by atoms with van der Waals surface area (Å²) in [6.45, 7) is 13.5. The van der Waals surface area contributed by atoms with Crippen LogP contribution in [0.25, 0.3) is 0 Å². The van der Waals surface area contributed by atoms with Gasteiger partial charge in [-0.05, 0) is 34.8 Å². The molecule has 1 rings (SSSR count). The molecule has 0 saturated heterocycles. The summed E-state index contributed by atoms with van der Waals surface area (Å²) in [7, 11) is 0. The SMILES string of the molecule is CCC(C)(C)CNC(=O)CNC(=O)OCc1cccc(CC(C)(C)C)c1. The van der Waals surface area contributed by atoms with E-state index in [1.807, 2.05) is 12.1 Å². The van der Waals surface area contributed by atoms with Gasteiger partial charge in [-0.2, -0.15) is 0 Å². The number of carbonyl (C=O) groups is 2. The van der Waals surface area contributed by atoms with Crippen molar-refractivity contribution in [1.82, 2.24) is 10.6 Å². The third-order valence-corrected chi connectivity index (χ3v) is 4.21. The van der Waals surface area contributed by atoms with Crippen molar-refractivity contribution in [2.45, 2.75) is 61.0 Å². The van der Waals surface area contributed by atoms with Crippen LogP contribution in [0.5, 0.6) is 0 Å². The first-order valence-electron chi connectivity index (χ1n) is 9.26. The zero-order chi connectivity index (χ0) is 19.8. The van der Waals surface area contributed by atoms with Crippen LogP contribution >= 0.6 is 0 Å². The highest BCUT2D eigenvalue weighted by Gasteiger charge is 2.16. The lowest BCUT2D eigenvalue weighted by Crippen LogP contribution is -2.40. The van der Waals surface area contributed by atoms with Crippen molar-refractivity contribution in [3.05, 3.63) is 35.4 Å². The Balaban J connectivity index is 2.36. The molecule has 0 unspecified atom stereocenters. The van der Waals surface area contributed by atoms with Gasteiger partial charge in [0.25, 0.3) is 0 Å². The van der Waals surface area contributed by atoms with Crippen LogP contribution in [0, 0.1) is 10.8 Å². The van der Waals surface area contributed by atoms with Gasteiger partial charge in [-0.3, -0.25) is 4.79 Å². The molecule has 2 N–H and O–H groups in total. The Morgan fingerprint density at radius 3 is 2.31 bits per heavy atom. The predicted molar refractivity (Wildman–Crippen MR) is 105 cm³/mol. The van der Waals surface area contributed by atoms with E-state index < -0.39 is 6.09 Å². The molecule has 2 amide bonds. The minimum absolute atomic E-state index is 0.0498. The maximum atomic E-state index is 11.8. The van der Waals surface area contributed by atoms with Gasteiger partial charge in [0.1, 0.15) is 6.61 Å². The van der Waals surface area contributed by atoms with Crippen LogP contribution in [0.3, 0.4) is 0 Å². The number of hydrogen-bond acceptors (Lipinski definition) is 3. The maximum Gasteiger partial charge on any atom is 0.407 e. The number of rotatable bonds is 8. The number of alkyl carbamates (subject to hydrolysis) is 1. The molecule has 0 aromatic heterocycles. The highest BCUT2D eigenvalue weighted by molar-refractivity contribution is 5.82. The number of nitrogens with one attached hydrogen (secondary N) is 2. The van der Waals surface area contributed by atoms with E-state index in [1.54, 1.807) is 0 Å². The van der Waals surface area contributed by atoms with Crippen LogP contribution in [0.15, 0.2) is 24.3 Å². The Morgan fingerprint density at radius 1 is 1.04 bits per heavy atom. The molecule has 0 aliphatic carbocycles. The molecular weight excluding hydrogens is 328 g/mol. The number of amides is 2. The molecule has 0 radical (unpaired) electrons. The summed E-state index contributed by atoms with van der Waals surface area (Å²) >= 11 is 0. The van der Waals surface area contributed by atoms with Gasteiger partial charge in [0.15, 0.2) is 0 Å². The van der Waals surface area contributed by atoms with Crippen molar-refractivity contribution in [2.75, 3.05) is 13.1 Å². The highest BCUT2D eigenvalue weighted by atomic mass is 16.5. The fourth-order valence-corrected chi connectivity index (χ4v) is 2.32. The first-order chi connectivity index (χ1) is 12.0. The second-order valence-electron chi connectivity index (χ2n) is 8.78. The minimum Gasteiger partial charge on any atom is -0.445 e.